The fourth-order valence-corrected chi connectivity index (χ4v) is 3.25. The van der Waals surface area contributed by atoms with Gasteiger partial charge in [0.05, 0.1) is 10.7 Å². The first kappa shape index (κ1) is 17.0. The fraction of sp³-hybridized carbons (Fsp3) is 0.500. The number of nitrogens with two attached hydrogens (primary N) is 1. The number of amides is 1. The van der Waals surface area contributed by atoms with Crippen LogP contribution in [0.25, 0.3) is 0 Å². The molecule has 1 rings (SSSR count). The molecule has 0 fully saturated rings. The van der Waals surface area contributed by atoms with E-state index in [1.807, 2.05) is 20.8 Å². The highest BCUT2D eigenvalue weighted by Gasteiger charge is 2.26. The van der Waals surface area contributed by atoms with Crippen LogP contribution >= 0.6 is 11.6 Å². The van der Waals surface area contributed by atoms with Crippen molar-refractivity contribution < 1.29 is 9.00 Å². The Labute approximate surface area is 127 Å². The molecule has 3 atom stereocenters. The van der Waals surface area contributed by atoms with Crippen molar-refractivity contribution in [2.45, 2.75) is 38.2 Å². The third kappa shape index (κ3) is 4.21. The van der Waals surface area contributed by atoms with Gasteiger partial charge in [-0.1, -0.05) is 32.4 Å². The Morgan fingerprint density at radius 3 is 2.40 bits per heavy atom. The number of nitrogen functional groups attached to an aromatic ring is 1. The molecule has 0 aliphatic rings. The van der Waals surface area contributed by atoms with Crippen molar-refractivity contribution in [3.8, 4) is 0 Å². The van der Waals surface area contributed by atoms with E-state index < -0.39 is 16.0 Å². The summed E-state index contributed by atoms with van der Waals surface area (Å²) in [6.45, 7) is 7.53. The summed E-state index contributed by atoms with van der Waals surface area (Å²) in [7, 11) is -1.23. The predicted molar refractivity (Wildman–Crippen MR) is 86.4 cm³/mol. The lowest BCUT2D eigenvalue weighted by Gasteiger charge is -2.20. The molecular weight excluding hydrogens is 296 g/mol. The summed E-state index contributed by atoms with van der Waals surface area (Å²) in [6, 6.07) is 4.85. The van der Waals surface area contributed by atoms with Crippen LogP contribution in [-0.2, 0) is 15.6 Å². The van der Waals surface area contributed by atoms with Crippen molar-refractivity contribution in [3.05, 3.63) is 23.2 Å². The van der Waals surface area contributed by atoms with Crippen LogP contribution in [0.1, 0.15) is 27.7 Å². The smallest absolute Gasteiger partial charge is 0.239 e. The second-order valence-corrected chi connectivity index (χ2v) is 7.66. The van der Waals surface area contributed by atoms with E-state index in [4.69, 9.17) is 17.3 Å². The van der Waals surface area contributed by atoms with Crippen LogP contribution in [0.15, 0.2) is 18.2 Å². The van der Waals surface area contributed by atoms with E-state index in [0.717, 1.165) is 0 Å². The minimum absolute atomic E-state index is 0.0439. The van der Waals surface area contributed by atoms with Crippen LogP contribution in [0.3, 0.4) is 0 Å². The fourth-order valence-electron chi connectivity index (χ4n) is 1.56. The van der Waals surface area contributed by atoms with Gasteiger partial charge in [0.1, 0.15) is 5.25 Å². The molecule has 3 N–H and O–H groups in total. The highest BCUT2D eigenvalue weighted by Crippen LogP contribution is 2.24. The minimum atomic E-state index is -1.23. The van der Waals surface area contributed by atoms with E-state index in [1.165, 1.54) is 0 Å². The lowest BCUT2D eigenvalue weighted by Crippen LogP contribution is -2.35. The topological polar surface area (TPSA) is 72.2 Å². The zero-order valence-corrected chi connectivity index (χ0v) is 13.7. The van der Waals surface area contributed by atoms with Gasteiger partial charge in [-0.15, -0.1) is 0 Å². The van der Waals surface area contributed by atoms with E-state index in [2.05, 4.69) is 5.32 Å². The van der Waals surface area contributed by atoms with E-state index in [0.29, 0.717) is 16.4 Å². The first-order valence-corrected chi connectivity index (χ1v) is 8.14. The van der Waals surface area contributed by atoms with Gasteiger partial charge in [-0.25, -0.2) is 0 Å². The summed E-state index contributed by atoms with van der Waals surface area (Å²) in [5.41, 5.74) is 6.60. The van der Waals surface area contributed by atoms with Crippen molar-refractivity contribution in [2.75, 3.05) is 11.1 Å². The van der Waals surface area contributed by atoms with Gasteiger partial charge in [0.2, 0.25) is 5.91 Å². The Kier molecular flexibility index (Phi) is 6.02. The average Bonchev–Trinajstić information content (AvgIpc) is 2.39. The summed E-state index contributed by atoms with van der Waals surface area (Å²) in [4.78, 5) is 12.1. The predicted octanol–water partition coefficient (Wildman–Crippen LogP) is 3.04. The lowest BCUT2D eigenvalue weighted by atomic mass is 10.2. The Balaban J connectivity index is 2.78. The zero-order chi connectivity index (χ0) is 15.4. The van der Waals surface area contributed by atoms with Gasteiger partial charge in [0, 0.05) is 21.7 Å². The molecule has 0 radical (unpaired) electrons. The quantitative estimate of drug-likeness (QED) is 0.820. The van der Waals surface area contributed by atoms with Gasteiger partial charge in [0.15, 0.2) is 0 Å². The highest BCUT2D eigenvalue weighted by molar-refractivity contribution is 7.87. The summed E-state index contributed by atoms with van der Waals surface area (Å²) in [5, 5.41) is 2.42. The van der Waals surface area contributed by atoms with E-state index in [1.54, 1.807) is 25.1 Å². The monoisotopic (exact) mass is 316 g/mol. The molecule has 0 aliphatic carbocycles. The van der Waals surface area contributed by atoms with Gasteiger partial charge in [-0.05, 0) is 31.0 Å². The summed E-state index contributed by atoms with van der Waals surface area (Å²) >= 11 is 6.00. The van der Waals surface area contributed by atoms with Crippen molar-refractivity contribution in [1.82, 2.24) is 0 Å². The Morgan fingerprint density at radius 1 is 1.30 bits per heavy atom. The standard InChI is InChI=1S/C14H21ClN2O2S/c1-8(2)9(3)20(19)10(4)14(18)17-13-6-5-11(16)7-12(13)15/h5-10H,16H2,1-4H3,(H,17,18). The number of hydrogen-bond acceptors (Lipinski definition) is 3. The van der Waals surface area contributed by atoms with E-state index in [-0.39, 0.29) is 17.1 Å². The molecule has 1 aromatic rings. The van der Waals surface area contributed by atoms with Crippen LogP contribution in [-0.4, -0.2) is 20.6 Å². The highest BCUT2D eigenvalue weighted by atomic mass is 35.5. The normalized spacial score (nSPS) is 15.7. The van der Waals surface area contributed by atoms with Crippen molar-refractivity contribution in [2.24, 2.45) is 5.92 Å². The number of benzene rings is 1. The molecule has 1 amide bonds. The molecule has 0 heterocycles. The Bertz CT molecular complexity index is 520. The molecular formula is C14H21ClN2O2S. The molecule has 0 aromatic heterocycles. The largest absolute Gasteiger partial charge is 0.399 e. The first-order valence-electron chi connectivity index (χ1n) is 6.49. The van der Waals surface area contributed by atoms with Crippen molar-refractivity contribution in [3.63, 3.8) is 0 Å². The Hall–Kier alpha value is -1.07. The molecule has 6 heteroatoms. The second-order valence-electron chi connectivity index (χ2n) is 5.15. The zero-order valence-electron chi connectivity index (χ0n) is 12.1. The van der Waals surface area contributed by atoms with Gasteiger partial charge < -0.3 is 11.1 Å². The number of nitrogens with one attached hydrogen (secondary N) is 1. The molecule has 3 unspecified atom stereocenters. The molecule has 20 heavy (non-hydrogen) atoms. The molecule has 112 valence electrons. The van der Waals surface area contributed by atoms with Crippen LogP contribution in [0.4, 0.5) is 11.4 Å². The number of carbonyl (C=O) groups is 1. The average molecular weight is 317 g/mol. The van der Waals surface area contributed by atoms with Crippen LogP contribution in [0.2, 0.25) is 5.02 Å². The van der Waals surface area contributed by atoms with Gasteiger partial charge in [-0.3, -0.25) is 9.00 Å². The van der Waals surface area contributed by atoms with Crippen molar-refractivity contribution >= 4 is 39.7 Å². The number of hydrogen-bond donors (Lipinski definition) is 2. The van der Waals surface area contributed by atoms with Crippen molar-refractivity contribution in [1.29, 1.82) is 0 Å². The SMILES string of the molecule is CC(C)C(C)S(=O)C(C)C(=O)Nc1ccc(N)cc1Cl. The minimum Gasteiger partial charge on any atom is -0.399 e. The molecule has 0 bridgehead atoms. The first-order chi connectivity index (χ1) is 9.23. The van der Waals surface area contributed by atoms with E-state index in [9.17, 15) is 9.00 Å². The van der Waals surface area contributed by atoms with Crippen LogP contribution in [0.5, 0.6) is 0 Å². The summed E-state index contributed by atoms with van der Waals surface area (Å²) in [5.74, 6) is -0.0475. The third-order valence-electron chi connectivity index (χ3n) is 3.27. The summed E-state index contributed by atoms with van der Waals surface area (Å²) < 4.78 is 12.3. The van der Waals surface area contributed by atoms with Crippen LogP contribution < -0.4 is 11.1 Å². The van der Waals surface area contributed by atoms with Gasteiger partial charge >= 0.3 is 0 Å². The van der Waals surface area contributed by atoms with Gasteiger partial charge in [-0.2, -0.15) is 0 Å². The van der Waals surface area contributed by atoms with Crippen LogP contribution in [0, 0.1) is 5.92 Å². The molecule has 0 aliphatic heterocycles. The summed E-state index contributed by atoms with van der Waals surface area (Å²) in [6.07, 6.45) is 0. The maximum atomic E-state index is 12.3. The Morgan fingerprint density at radius 2 is 1.90 bits per heavy atom. The lowest BCUT2D eigenvalue weighted by molar-refractivity contribution is -0.115. The second kappa shape index (κ2) is 7.09. The molecule has 0 spiro atoms. The number of anilines is 2. The third-order valence-corrected chi connectivity index (χ3v) is 5.77. The van der Waals surface area contributed by atoms with Gasteiger partial charge in [0.25, 0.3) is 0 Å². The maximum Gasteiger partial charge on any atom is 0.239 e. The van der Waals surface area contributed by atoms with E-state index >= 15 is 0 Å². The molecule has 0 saturated carbocycles. The molecule has 4 nitrogen and oxygen atoms in total. The molecule has 1 aromatic carbocycles. The number of carbonyl (C=O) groups excluding carboxylic acids is 1. The maximum absolute atomic E-state index is 12.3. The molecule has 0 saturated heterocycles. The number of halogens is 1. The number of rotatable bonds is 5.